The largest absolute Gasteiger partial charge is 0.352 e. The van der Waals surface area contributed by atoms with Crippen LogP contribution in [-0.4, -0.2) is 56.1 Å². The van der Waals surface area contributed by atoms with E-state index in [9.17, 15) is 13.2 Å². The monoisotopic (exact) mass is 389 g/mol. The Hall–Kier alpha value is -2.38. The Labute approximate surface area is 156 Å². The van der Waals surface area contributed by atoms with Crippen LogP contribution in [0.1, 0.15) is 15.9 Å². The molecule has 0 saturated carbocycles. The summed E-state index contributed by atoms with van der Waals surface area (Å²) in [6, 6.07) is 13.6. The highest BCUT2D eigenvalue weighted by molar-refractivity contribution is 7.90. The molecule has 1 fully saturated rings. The normalized spacial score (nSPS) is 18.4. The van der Waals surface area contributed by atoms with Crippen molar-refractivity contribution < 1.29 is 13.2 Å². The lowest BCUT2D eigenvalue weighted by molar-refractivity contribution is 0.0692. The summed E-state index contributed by atoms with van der Waals surface area (Å²) in [5.74, 6) is 0.418. The first-order valence-corrected chi connectivity index (χ1v) is 10.0. The van der Waals surface area contributed by atoms with E-state index < -0.39 is 10.0 Å². The van der Waals surface area contributed by atoms with Crippen LogP contribution in [0.15, 0.2) is 57.8 Å². The lowest BCUT2D eigenvalue weighted by Crippen LogP contribution is -2.50. The van der Waals surface area contributed by atoms with Gasteiger partial charge in [-0.25, -0.2) is 0 Å². The van der Waals surface area contributed by atoms with Crippen LogP contribution < -0.4 is 0 Å². The van der Waals surface area contributed by atoms with Crippen molar-refractivity contribution in [3.63, 3.8) is 0 Å². The van der Waals surface area contributed by atoms with Crippen LogP contribution >= 0.6 is 11.6 Å². The highest BCUT2D eigenvalue weighted by Crippen LogP contribution is 2.28. The molecule has 1 amide bonds. The highest BCUT2D eigenvalue weighted by atomic mass is 35.5. The van der Waals surface area contributed by atoms with Crippen LogP contribution in [0.2, 0.25) is 5.02 Å². The van der Waals surface area contributed by atoms with E-state index in [0.29, 0.717) is 48.2 Å². The number of amidine groups is 1. The number of hydrogen-bond donors (Lipinski definition) is 0. The number of benzene rings is 2. The Kier molecular flexibility index (Phi) is 4.20. The van der Waals surface area contributed by atoms with Crippen molar-refractivity contribution in [3.05, 3.63) is 64.7 Å². The number of rotatable bonds is 1. The number of amides is 1. The Morgan fingerprint density at radius 3 is 2.31 bits per heavy atom. The molecule has 2 aliphatic rings. The van der Waals surface area contributed by atoms with Crippen molar-refractivity contribution >= 4 is 33.4 Å². The van der Waals surface area contributed by atoms with Crippen LogP contribution in [0, 0.1) is 0 Å². The fourth-order valence-electron chi connectivity index (χ4n) is 3.21. The van der Waals surface area contributed by atoms with Gasteiger partial charge in [0.15, 0.2) is 5.84 Å². The molecule has 26 heavy (non-hydrogen) atoms. The molecule has 6 nitrogen and oxygen atoms in total. The maximum atomic E-state index is 12.6. The minimum Gasteiger partial charge on any atom is -0.352 e. The van der Waals surface area contributed by atoms with Crippen molar-refractivity contribution in [3.8, 4) is 0 Å². The average Bonchev–Trinajstić information content (AvgIpc) is 2.94. The summed E-state index contributed by atoms with van der Waals surface area (Å²) in [6.07, 6.45) is 0. The number of carbonyl (C=O) groups is 1. The first-order chi connectivity index (χ1) is 12.5. The molecule has 0 aliphatic carbocycles. The quantitative estimate of drug-likeness (QED) is 0.750. The van der Waals surface area contributed by atoms with Gasteiger partial charge in [0.1, 0.15) is 4.90 Å². The van der Waals surface area contributed by atoms with Gasteiger partial charge in [0.05, 0.1) is 0 Å². The average molecular weight is 390 g/mol. The van der Waals surface area contributed by atoms with Crippen LogP contribution in [0.4, 0.5) is 0 Å². The summed E-state index contributed by atoms with van der Waals surface area (Å²) >= 11 is 5.86. The second kappa shape index (κ2) is 6.41. The molecule has 0 N–H and O–H groups in total. The van der Waals surface area contributed by atoms with Crippen molar-refractivity contribution in [2.24, 2.45) is 4.40 Å². The van der Waals surface area contributed by atoms with E-state index in [1.165, 1.54) is 0 Å². The summed E-state index contributed by atoms with van der Waals surface area (Å²) < 4.78 is 28.3. The second-order valence-corrected chi connectivity index (χ2v) is 8.18. The second-order valence-electron chi connectivity index (χ2n) is 6.17. The van der Waals surface area contributed by atoms with E-state index in [0.717, 1.165) is 0 Å². The number of piperazine rings is 1. The van der Waals surface area contributed by atoms with Gasteiger partial charge in [0.25, 0.3) is 15.9 Å². The summed E-state index contributed by atoms with van der Waals surface area (Å²) in [5, 5.41) is 0.588. The molecule has 0 radical (unpaired) electrons. The molecular formula is C18H16ClN3O3S. The zero-order chi connectivity index (χ0) is 18.3. The van der Waals surface area contributed by atoms with Gasteiger partial charge in [-0.3, -0.25) is 4.79 Å². The van der Waals surface area contributed by atoms with Crippen molar-refractivity contribution in [1.82, 2.24) is 9.80 Å². The molecule has 0 unspecified atom stereocenters. The van der Waals surface area contributed by atoms with Crippen molar-refractivity contribution in [1.29, 1.82) is 0 Å². The Morgan fingerprint density at radius 1 is 0.962 bits per heavy atom. The van der Waals surface area contributed by atoms with Crippen molar-refractivity contribution in [2.45, 2.75) is 4.90 Å². The molecule has 134 valence electrons. The maximum Gasteiger partial charge on any atom is 0.285 e. The third-order valence-corrected chi connectivity index (χ3v) is 6.15. The fraction of sp³-hybridized carbons (Fsp3) is 0.222. The smallest absolute Gasteiger partial charge is 0.285 e. The molecule has 0 aromatic heterocycles. The van der Waals surface area contributed by atoms with Crippen LogP contribution in [0.3, 0.4) is 0 Å². The molecular weight excluding hydrogens is 374 g/mol. The Balaban J connectivity index is 1.49. The van der Waals surface area contributed by atoms with Gasteiger partial charge >= 0.3 is 0 Å². The first kappa shape index (κ1) is 17.1. The van der Waals surface area contributed by atoms with E-state index in [2.05, 4.69) is 4.40 Å². The van der Waals surface area contributed by atoms with Crippen molar-refractivity contribution in [2.75, 3.05) is 26.2 Å². The van der Waals surface area contributed by atoms with E-state index in [4.69, 9.17) is 11.6 Å². The lowest BCUT2D eigenvalue weighted by atomic mass is 10.1. The fourth-order valence-corrected chi connectivity index (χ4v) is 4.57. The summed E-state index contributed by atoms with van der Waals surface area (Å²) in [6.45, 7) is 2.06. The molecule has 0 spiro atoms. The van der Waals surface area contributed by atoms with Gasteiger partial charge < -0.3 is 9.80 Å². The van der Waals surface area contributed by atoms with Gasteiger partial charge in [-0.1, -0.05) is 23.7 Å². The molecule has 2 aromatic rings. The summed E-state index contributed by atoms with van der Waals surface area (Å²) in [5.41, 5.74) is 1.22. The standard InChI is InChI=1S/C18H16ClN3O3S/c19-14-7-5-13(6-8-14)18(23)22-11-9-21(10-12-22)17-15-3-1-2-4-16(15)26(24,25)20-17/h1-8H,9-12H2. The minimum atomic E-state index is -3.63. The third-order valence-electron chi connectivity index (χ3n) is 4.57. The number of sulfonamides is 1. The molecule has 0 atom stereocenters. The molecule has 2 heterocycles. The molecule has 0 bridgehead atoms. The van der Waals surface area contributed by atoms with E-state index in [1.54, 1.807) is 53.4 Å². The van der Waals surface area contributed by atoms with Crippen LogP contribution in [0.25, 0.3) is 0 Å². The molecule has 8 heteroatoms. The van der Waals surface area contributed by atoms with E-state index in [1.807, 2.05) is 4.90 Å². The van der Waals surface area contributed by atoms with E-state index in [-0.39, 0.29) is 10.8 Å². The number of halogens is 1. The summed E-state index contributed by atoms with van der Waals surface area (Å²) in [7, 11) is -3.63. The zero-order valence-electron chi connectivity index (χ0n) is 13.8. The summed E-state index contributed by atoms with van der Waals surface area (Å²) in [4.78, 5) is 16.5. The third kappa shape index (κ3) is 2.97. The topological polar surface area (TPSA) is 70.1 Å². The van der Waals surface area contributed by atoms with E-state index >= 15 is 0 Å². The molecule has 1 saturated heterocycles. The van der Waals surface area contributed by atoms with Crippen LogP contribution in [-0.2, 0) is 10.0 Å². The lowest BCUT2D eigenvalue weighted by Gasteiger charge is -2.35. The maximum absolute atomic E-state index is 12.6. The van der Waals surface area contributed by atoms with Gasteiger partial charge in [-0.2, -0.15) is 8.42 Å². The number of nitrogens with zero attached hydrogens (tertiary/aromatic N) is 3. The van der Waals surface area contributed by atoms with Crippen LogP contribution in [0.5, 0.6) is 0 Å². The highest BCUT2D eigenvalue weighted by Gasteiger charge is 2.33. The SMILES string of the molecule is O=C(c1ccc(Cl)cc1)N1CCN(C2=NS(=O)(=O)c3ccccc32)CC1. The molecule has 2 aliphatic heterocycles. The number of hydrogen-bond acceptors (Lipinski definition) is 4. The van der Waals surface area contributed by atoms with Gasteiger partial charge in [0.2, 0.25) is 0 Å². The molecule has 4 rings (SSSR count). The molecule has 2 aromatic carbocycles. The number of carbonyl (C=O) groups excluding carboxylic acids is 1. The Morgan fingerprint density at radius 2 is 1.62 bits per heavy atom. The Bertz CT molecular complexity index is 995. The zero-order valence-corrected chi connectivity index (χ0v) is 15.4. The predicted molar refractivity (Wildman–Crippen MR) is 99.1 cm³/mol. The van der Waals surface area contributed by atoms with Gasteiger partial charge in [0, 0.05) is 42.3 Å². The van der Waals surface area contributed by atoms with Gasteiger partial charge in [-0.05, 0) is 36.4 Å². The number of fused-ring (bicyclic) bond motifs is 1. The predicted octanol–water partition coefficient (Wildman–Crippen LogP) is 2.25. The first-order valence-electron chi connectivity index (χ1n) is 8.20. The minimum absolute atomic E-state index is 0.0531. The van der Waals surface area contributed by atoms with Gasteiger partial charge in [-0.15, -0.1) is 4.40 Å².